The van der Waals surface area contributed by atoms with Crippen molar-refractivity contribution in [3.8, 4) is 0 Å². The molecule has 3 heterocycles. The van der Waals surface area contributed by atoms with Crippen molar-refractivity contribution in [3.63, 3.8) is 0 Å². The van der Waals surface area contributed by atoms with Crippen molar-refractivity contribution in [1.82, 2.24) is 24.1 Å². The fourth-order valence-electron chi connectivity index (χ4n) is 2.11. The fraction of sp³-hybridized carbons (Fsp3) is 0.214. The lowest BCUT2D eigenvalue weighted by atomic mass is 10.3. The van der Waals surface area contributed by atoms with Gasteiger partial charge in [0.1, 0.15) is 0 Å². The first-order chi connectivity index (χ1) is 10.5. The topological polar surface area (TPSA) is 55.4 Å². The number of hydrogen-bond donors (Lipinski definition) is 0. The van der Waals surface area contributed by atoms with E-state index in [1.165, 1.54) is 17.4 Å². The fourth-order valence-corrected chi connectivity index (χ4v) is 3.11. The van der Waals surface area contributed by atoms with Crippen LogP contribution in [-0.2, 0) is 18.4 Å². The van der Waals surface area contributed by atoms with Gasteiger partial charge in [-0.2, -0.15) is 5.10 Å². The average molecular weight is 336 g/mol. The number of imidazole rings is 1. The van der Waals surface area contributed by atoms with Crippen LogP contribution in [0.1, 0.15) is 11.3 Å². The Kier molecular flexibility index (Phi) is 4.00. The first kappa shape index (κ1) is 14.8. The molecule has 0 atom stereocenters. The second-order valence-corrected chi connectivity index (χ2v) is 6.12. The van der Waals surface area contributed by atoms with Gasteiger partial charge < -0.3 is 4.90 Å². The van der Waals surface area contributed by atoms with E-state index in [0.717, 1.165) is 10.5 Å². The molecule has 0 saturated heterocycles. The van der Waals surface area contributed by atoms with Crippen LogP contribution < -0.4 is 0 Å². The minimum absolute atomic E-state index is 0.106. The van der Waals surface area contributed by atoms with Crippen LogP contribution in [0.5, 0.6) is 0 Å². The third-order valence-corrected chi connectivity index (χ3v) is 4.23. The predicted molar refractivity (Wildman–Crippen MR) is 86.8 cm³/mol. The maximum absolute atomic E-state index is 12.2. The Balaban J connectivity index is 1.72. The predicted octanol–water partition coefficient (Wildman–Crippen LogP) is 2.45. The molecule has 0 aliphatic heterocycles. The lowest BCUT2D eigenvalue weighted by Gasteiger charge is -2.13. The van der Waals surface area contributed by atoms with Crippen molar-refractivity contribution in [2.75, 3.05) is 7.05 Å². The Morgan fingerprint density at radius 1 is 1.55 bits per heavy atom. The highest BCUT2D eigenvalue weighted by atomic mass is 35.5. The van der Waals surface area contributed by atoms with Crippen molar-refractivity contribution in [1.29, 1.82) is 0 Å². The maximum Gasteiger partial charge on any atom is 0.246 e. The maximum atomic E-state index is 12.2. The van der Waals surface area contributed by atoms with E-state index in [2.05, 4.69) is 10.1 Å². The summed E-state index contributed by atoms with van der Waals surface area (Å²) in [5, 5.41) is 6.41. The number of amides is 1. The van der Waals surface area contributed by atoms with Crippen molar-refractivity contribution < 1.29 is 4.79 Å². The zero-order chi connectivity index (χ0) is 15.7. The van der Waals surface area contributed by atoms with Gasteiger partial charge in [0.05, 0.1) is 11.9 Å². The number of carbonyl (C=O) groups is 1. The molecule has 0 unspecified atom stereocenters. The Hall–Kier alpha value is -2.12. The number of aromatic nitrogens is 4. The third kappa shape index (κ3) is 2.90. The molecule has 0 N–H and O–H groups in total. The summed E-state index contributed by atoms with van der Waals surface area (Å²) in [6.45, 7) is 0.505. The molecular formula is C14H14ClN5OS. The highest BCUT2D eigenvalue weighted by Gasteiger charge is 2.11. The van der Waals surface area contributed by atoms with Crippen molar-refractivity contribution in [3.05, 3.63) is 46.5 Å². The van der Waals surface area contributed by atoms with Crippen molar-refractivity contribution in [2.45, 2.75) is 6.54 Å². The Morgan fingerprint density at radius 2 is 2.36 bits per heavy atom. The molecule has 0 saturated carbocycles. The molecule has 3 rings (SSSR count). The second-order valence-electron chi connectivity index (χ2n) is 4.89. The van der Waals surface area contributed by atoms with Crippen LogP contribution in [0.15, 0.2) is 30.0 Å². The highest BCUT2D eigenvalue weighted by Crippen LogP contribution is 2.22. The summed E-state index contributed by atoms with van der Waals surface area (Å²) in [5.74, 6) is -0.106. The zero-order valence-corrected chi connectivity index (χ0v) is 13.7. The number of carbonyl (C=O) groups excluding carboxylic acids is 1. The second kappa shape index (κ2) is 5.94. The summed E-state index contributed by atoms with van der Waals surface area (Å²) in [7, 11) is 3.59. The van der Waals surface area contributed by atoms with Gasteiger partial charge in [0, 0.05) is 50.1 Å². The summed E-state index contributed by atoms with van der Waals surface area (Å²) in [6, 6.07) is 0. The zero-order valence-electron chi connectivity index (χ0n) is 12.1. The van der Waals surface area contributed by atoms with Gasteiger partial charge in [-0.25, -0.2) is 4.98 Å². The number of thiazole rings is 1. The van der Waals surface area contributed by atoms with E-state index in [0.29, 0.717) is 17.4 Å². The summed E-state index contributed by atoms with van der Waals surface area (Å²) < 4.78 is 3.57. The van der Waals surface area contributed by atoms with E-state index in [-0.39, 0.29) is 5.91 Å². The normalized spacial score (nSPS) is 11.6. The third-order valence-electron chi connectivity index (χ3n) is 3.19. The molecule has 0 fully saturated rings. The lowest BCUT2D eigenvalue weighted by Crippen LogP contribution is -2.23. The molecule has 3 aromatic rings. The molecule has 0 aliphatic rings. The van der Waals surface area contributed by atoms with Gasteiger partial charge in [-0.05, 0) is 6.08 Å². The van der Waals surface area contributed by atoms with Crippen LogP contribution in [0, 0.1) is 0 Å². The SMILES string of the molecule is CN(Cc1cnn(C)c1)C(=O)/C=C/c1c(Cl)nc2sccn12. The van der Waals surface area contributed by atoms with E-state index in [9.17, 15) is 4.79 Å². The first-order valence-electron chi connectivity index (χ1n) is 6.56. The van der Waals surface area contributed by atoms with E-state index in [4.69, 9.17) is 11.6 Å². The first-order valence-corrected chi connectivity index (χ1v) is 7.82. The van der Waals surface area contributed by atoms with Gasteiger partial charge >= 0.3 is 0 Å². The summed E-state index contributed by atoms with van der Waals surface area (Å²) in [5.41, 5.74) is 1.69. The summed E-state index contributed by atoms with van der Waals surface area (Å²) in [4.78, 5) is 18.8. The van der Waals surface area contributed by atoms with Gasteiger partial charge in [-0.1, -0.05) is 11.6 Å². The Bertz CT molecular complexity index is 847. The number of aryl methyl sites for hydroxylation is 1. The molecule has 8 heteroatoms. The van der Waals surface area contributed by atoms with Gasteiger partial charge in [0.25, 0.3) is 0 Å². The number of halogens is 1. The van der Waals surface area contributed by atoms with Gasteiger partial charge in [0.2, 0.25) is 5.91 Å². The number of fused-ring (bicyclic) bond motifs is 1. The number of nitrogens with zero attached hydrogens (tertiary/aromatic N) is 5. The standard InChI is InChI=1S/C14H14ClN5OS/c1-18(8-10-7-16-19(2)9-10)12(21)4-3-11-13(15)17-14-20(11)5-6-22-14/h3-7,9H,8H2,1-2H3/b4-3+. The van der Waals surface area contributed by atoms with Crippen molar-refractivity contribution in [2.24, 2.45) is 7.05 Å². The van der Waals surface area contributed by atoms with E-state index in [1.807, 2.05) is 29.2 Å². The summed E-state index contributed by atoms with van der Waals surface area (Å²) in [6.07, 6.45) is 8.70. The van der Waals surface area contributed by atoms with Crippen LogP contribution in [0.2, 0.25) is 5.15 Å². The minimum atomic E-state index is -0.106. The molecule has 0 bridgehead atoms. The smallest absolute Gasteiger partial charge is 0.246 e. The molecule has 1 amide bonds. The molecule has 22 heavy (non-hydrogen) atoms. The summed E-state index contributed by atoms with van der Waals surface area (Å²) >= 11 is 7.59. The molecule has 0 spiro atoms. The van der Waals surface area contributed by atoms with Crippen LogP contribution in [0.4, 0.5) is 0 Å². The molecule has 3 aromatic heterocycles. The van der Waals surface area contributed by atoms with Crippen LogP contribution in [0.3, 0.4) is 0 Å². The van der Waals surface area contributed by atoms with Crippen LogP contribution >= 0.6 is 22.9 Å². The molecular weight excluding hydrogens is 322 g/mol. The lowest BCUT2D eigenvalue weighted by molar-refractivity contribution is -0.125. The average Bonchev–Trinajstić information content (AvgIpc) is 3.14. The van der Waals surface area contributed by atoms with Gasteiger partial charge in [-0.3, -0.25) is 13.9 Å². The highest BCUT2D eigenvalue weighted by molar-refractivity contribution is 7.15. The minimum Gasteiger partial charge on any atom is -0.338 e. The number of likely N-dealkylation sites (N-methyl/N-ethyl adjacent to an activating group) is 1. The number of rotatable bonds is 4. The van der Waals surface area contributed by atoms with Crippen molar-refractivity contribution >= 4 is 39.9 Å². The largest absolute Gasteiger partial charge is 0.338 e. The molecule has 0 aromatic carbocycles. The van der Waals surface area contributed by atoms with Crippen LogP contribution in [0.25, 0.3) is 11.0 Å². The monoisotopic (exact) mass is 335 g/mol. The molecule has 6 nitrogen and oxygen atoms in total. The van der Waals surface area contributed by atoms with Gasteiger partial charge in [-0.15, -0.1) is 11.3 Å². The molecule has 0 radical (unpaired) electrons. The van der Waals surface area contributed by atoms with E-state index < -0.39 is 0 Å². The van der Waals surface area contributed by atoms with Gasteiger partial charge in [0.15, 0.2) is 10.1 Å². The van der Waals surface area contributed by atoms with E-state index in [1.54, 1.807) is 28.9 Å². The molecule has 0 aliphatic carbocycles. The Morgan fingerprint density at radius 3 is 3.09 bits per heavy atom. The Labute approximate surface area is 136 Å². The van der Waals surface area contributed by atoms with E-state index >= 15 is 0 Å². The number of hydrogen-bond acceptors (Lipinski definition) is 4. The van der Waals surface area contributed by atoms with Crippen LogP contribution in [-0.4, -0.2) is 37.0 Å². The molecule has 114 valence electrons. The quantitative estimate of drug-likeness (QED) is 0.688.